The first-order valence-electron chi connectivity index (χ1n) is 11.5. The van der Waals surface area contributed by atoms with E-state index < -0.39 is 16.0 Å². The zero-order valence-electron chi connectivity index (χ0n) is 19.3. The van der Waals surface area contributed by atoms with Crippen molar-refractivity contribution in [1.29, 1.82) is 0 Å². The largest absolute Gasteiger partial charge is 0.493 e. The predicted octanol–water partition coefficient (Wildman–Crippen LogP) is 6.01. The molecule has 7 nitrogen and oxygen atoms in total. The molecule has 0 unspecified atom stereocenters. The second kappa shape index (κ2) is 9.68. The highest BCUT2D eigenvalue weighted by Crippen LogP contribution is 2.50. The molecule has 0 N–H and O–H groups in total. The van der Waals surface area contributed by atoms with Crippen LogP contribution in [0.4, 0.5) is 0 Å². The fourth-order valence-electron chi connectivity index (χ4n) is 4.90. The van der Waals surface area contributed by atoms with Gasteiger partial charge in [0.1, 0.15) is 16.4 Å². The highest BCUT2D eigenvalue weighted by atomic mass is 79.9. The summed E-state index contributed by atoms with van der Waals surface area (Å²) >= 11 is 9.30. The summed E-state index contributed by atoms with van der Waals surface area (Å²) in [6.45, 7) is 0. The maximum atomic E-state index is 13.0. The molecule has 2 aromatic carbocycles. The number of hydrogen-bond donors (Lipinski definition) is 0. The van der Waals surface area contributed by atoms with Crippen molar-refractivity contribution >= 4 is 49.2 Å². The summed E-state index contributed by atoms with van der Waals surface area (Å²) < 4.78 is 43.2. The molecule has 1 heterocycles. The molecule has 0 aromatic heterocycles. The first kappa shape index (κ1) is 25.0. The molecule has 0 bridgehead atoms. The lowest BCUT2D eigenvalue weighted by Crippen LogP contribution is -2.30. The minimum Gasteiger partial charge on any atom is -0.493 e. The van der Waals surface area contributed by atoms with Crippen molar-refractivity contribution in [2.24, 2.45) is 0 Å². The van der Waals surface area contributed by atoms with Crippen molar-refractivity contribution < 1.29 is 31.7 Å². The summed E-state index contributed by atoms with van der Waals surface area (Å²) in [5.74, 6) is 0.613. The molecule has 0 saturated heterocycles. The zero-order valence-corrected chi connectivity index (χ0v) is 22.5. The van der Waals surface area contributed by atoms with E-state index in [2.05, 4.69) is 15.9 Å². The van der Waals surface area contributed by atoms with Crippen LogP contribution in [0.5, 0.6) is 11.5 Å². The third-order valence-electron chi connectivity index (χ3n) is 6.52. The van der Waals surface area contributed by atoms with Gasteiger partial charge in [-0.05, 0) is 70.7 Å². The van der Waals surface area contributed by atoms with E-state index in [4.69, 9.17) is 25.3 Å². The summed E-state index contributed by atoms with van der Waals surface area (Å²) in [5, 5.41) is 0.394. The van der Waals surface area contributed by atoms with E-state index in [-0.39, 0.29) is 28.0 Å². The maximum Gasteiger partial charge on any atom is 0.339 e. The number of ketones is 2. The van der Waals surface area contributed by atoms with Crippen molar-refractivity contribution in [2.75, 3.05) is 7.11 Å². The Morgan fingerprint density at radius 3 is 2.08 bits per heavy atom. The minimum absolute atomic E-state index is 0.0448. The molecule has 2 aromatic rings. The second-order valence-electron chi connectivity index (χ2n) is 8.79. The van der Waals surface area contributed by atoms with Gasteiger partial charge in [-0.3, -0.25) is 9.59 Å². The van der Waals surface area contributed by atoms with Crippen molar-refractivity contribution in [3.63, 3.8) is 0 Å². The van der Waals surface area contributed by atoms with Gasteiger partial charge in [0.2, 0.25) is 0 Å². The summed E-state index contributed by atoms with van der Waals surface area (Å²) in [6, 6.07) is 8.89. The highest BCUT2D eigenvalue weighted by molar-refractivity contribution is 9.10. The lowest BCUT2D eigenvalue weighted by Gasteiger charge is -2.36. The number of carbonyl (C=O) groups is 2. The Balaban J connectivity index is 1.61. The van der Waals surface area contributed by atoms with Gasteiger partial charge >= 0.3 is 10.1 Å². The molecule has 3 aliphatic rings. The normalized spacial score (nSPS) is 18.5. The molecule has 0 spiro atoms. The Kier molecular flexibility index (Phi) is 6.74. The molecule has 0 amide bonds. The third-order valence-corrected chi connectivity index (χ3v) is 8.60. The number of carbonyl (C=O) groups excluding carboxylic acids is 2. The van der Waals surface area contributed by atoms with Crippen LogP contribution in [-0.4, -0.2) is 27.1 Å². The van der Waals surface area contributed by atoms with Crippen molar-refractivity contribution in [3.8, 4) is 11.5 Å². The van der Waals surface area contributed by atoms with Crippen molar-refractivity contribution in [1.82, 2.24) is 0 Å². The van der Waals surface area contributed by atoms with Gasteiger partial charge in [-0.15, -0.1) is 0 Å². The lowest BCUT2D eigenvalue weighted by molar-refractivity contribution is -0.117. The van der Waals surface area contributed by atoms with Gasteiger partial charge in [0, 0.05) is 47.8 Å². The van der Waals surface area contributed by atoms with Crippen LogP contribution >= 0.6 is 27.5 Å². The maximum absolute atomic E-state index is 13.0. The number of benzene rings is 2. The number of rotatable bonds is 5. The molecule has 2 aliphatic carbocycles. The Bertz CT molecular complexity index is 1400. The molecular weight excluding hydrogens is 572 g/mol. The van der Waals surface area contributed by atoms with E-state index in [0.717, 1.165) is 0 Å². The fourth-order valence-corrected chi connectivity index (χ4v) is 6.63. The van der Waals surface area contributed by atoms with Crippen LogP contribution in [0, 0.1) is 0 Å². The first-order valence-corrected chi connectivity index (χ1v) is 14.1. The average Bonchev–Trinajstić information content (AvgIpc) is 2.84. The first-order chi connectivity index (χ1) is 17.2. The molecule has 5 rings (SSSR count). The molecule has 0 saturated carbocycles. The Morgan fingerprint density at radius 2 is 1.53 bits per heavy atom. The van der Waals surface area contributed by atoms with E-state index in [1.54, 1.807) is 12.1 Å². The third kappa shape index (κ3) is 4.48. The van der Waals surface area contributed by atoms with E-state index >= 15 is 0 Å². The molecule has 0 radical (unpaired) electrons. The van der Waals surface area contributed by atoms with Crippen LogP contribution in [0.1, 0.15) is 50.0 Å². The van der Waals surface area contributed by atoms with Crippen LogP contribution in [0.15, 0.2) is 68.4 Å². The Hall–Kier alpha value is -2.62. The number of hydrogen-bond acceptors (Lipinski definition) is 7. The summed E-state index contributed by atoms with van der Waals surface area (Å²) in [6.07, 6.45) is 3.41. The number of allylic oxidation sites excluding steroid dienone is 4. The van der Waals surface area contributed by atoms with E-state index in [0.29, 0.717) is 76.2 Å². The SMILES string of the molecule is COc1cc(C2C3=C(CCCC3=O)OC3=C2C(=O)CCC3)cc(Br)c1OS(=O)(=O)c1ccc(Cl)cc1. The Morgan fingerprint density at radius 1 is 0.944 bits per heavy atom. The smallest absolute Gasteiger partial charge is 0.339 e. The van der Waals surface area contributed by atoms with E-state index in [1.807, 2.05) is 0 Å². The van der Waals surface area contributed by atoms with Gasteiger partial charge in [0.25, 0.3) is 0 Å². The van der Waals surface area contributed by atoms with Crippen LogP contribution in [-0.2, 0) is 24.4 Å². The molecule has 188 valence electrons. The summed E-state index contributed by atoms with van der Waals surface area (Å²) in [4.78, 5) is 26.0. The molecule has 36 heavy (non-hydrogen) atoms. The second-order valence-corrected chi connectivity index (χ2v) is 11.6. The number of ether oxygens (including phenoxy) is 2. The van der Waals surface area contributed by atoms with Gasteiger partial charge in [0.15, 0.2) is 23.1 Å². The molecule has 0 atom stereocenters. The van der Waals surface area contributed by atoms with Crippen LogP contribution in [0.2, 0.25) is 5.02 Å². The van der Waals surface area contributed by atoms with Crippen LogP contribution in [0.25, 0.3) is 0 Å². The summed E-state index contributed by atoms with van der Waals surface area (Å²) in [7, 11) is -2.80. The molecular formula is C26H22BrClO7S. The van der Waals surface area contributed by atoms with Crippen LogP contribution < -0.4 is 8.92 Å². The predicted molar refractivity (Wildman–Crippen MR) is 136 cm³/mol. The monoisotopic (exact) mass is 592 g/mol. The van der Waals surface area contributed by atoms with Gasteiger partial charge < -0.3 is 13.7 Å². The molecule has 1 aliphatic heterocycles. The van der Waals surface area contributed by atoms with Gasteiger partial charge in [-0.2, -0.15) is 8.42 Å². The van der Waals surface area contributed by atoms with E-state index in [1.165, 1.54) is 31.4 Å². The standard InChI is InChI=1S/C26H22BrClO7S/c1-33-22-13-14(12-17(27)26(22)35-36(31,32)16-10-8-15(28)9-11-16)23-24-18(29)4-2-6-20(24)34-21-7-3-5-19(30)25(21)23/h8-13,23H,2-7H2,1H3. The lowest BCUT2D eigenvalue weighted by atomic mass is 9.73. The van der Waals surface area contributed by atoms with Crippen LogP contribution in [0.3, 0.4) is 0 Å². The topological polar surface area (TPSA) is 96.0 Å². The Labute approximate surface area is 222 Å². The zero-order chi connectivity index (χ0) is 25.6. The molecule has 0 fully saturated rings. The number of Topliss-reactive ketones (excluding diaryl/α,β-unsaturated/α-hetero) is 2. The highest BCUT2D eigenvalue weighted by Gasteiger charge is 2.42. The average molecular weight is 594 g/mol. The van der Waals surface area contributed by atoms with Gasteiger partial charge in [0.05, 0.1) is 11.6 Å². The fraction of sp³-hybridized carbons (Fsp3) is 0.308. The quantitative estimate of drug-likeness (QED) is 0.392. The summed E-state index contributed by atoms with van der Waals surface area (Å²) in [5.41, 5.74) is 1.60. The number of methoxy groups -OCH3 is 1. The van der Waals surface area contributed by atoms with Crippen molar-refractivity contribution in [3.05, 3.63) is 74.1 Å². The number of halogens is 2. The minimum atomic E-state index is -4.19. The van der Waals surface area contributed by atoms with Gasteiger partial charge in [-0.25, -0.2) is 0 Å². The van der Waals surface area contributed by atoms with E-state index in [9.17, 15) is 18.0 Å². The van der Waals surface area contributed by atoms with Gasteiger partial charge in [-0.1, -0.05) is 11.6 Å². The van der Waals surface area contributed by atoms with Crippen molar-refractivity contribution in [2.45, 2.75) is 49.3 Å². The molecule has 10 heteroatoms.